The lowest BCUT2D eigenvalue weighted by Crippen LogP contribution is -2.41. The smallest absolute Gasteiger partial charge is 0.253 e. The van der Waals surface area contributed by atoms with Gasteiger partial charge in [-0.3, -0.25) is 4.79 Å². The minimum absolute atomic E-state index is 0. The lowest BCUT2D eigenvalue weighted by Gasteiger charge is -2.38. The van der Waals surface area contributed by atoms with Crippen molar-refractivity contribution in [3.63, 3.8) is 0 Å². The number of benzene rings is 2. The van der Waals surface area contributed by atoms with Crippen LogP contribution in [0.3, 0.4) is 0 Å². The van der Waals surface area contributed by atoms with E-state index < -0.39 is 0 Å². The third-order valence-corrected chi connectivity index (χ3v) is 5.49. The second-order valence-corrected chi connectivity index (χ2v) is 7.95. The maximum atomic E-state index is 12.9. The molecule has 3 N–H and O–H groups in total. The fourth-order valence-electron chi connectivity index (χ4n) is 3.39. The van der Waals surface area contributed by atoms with Crippen molar-refractivity contribution in [2.75, 3.05) is 5.73 Å². The SMILES string of the molecule is CC1(C)CC(NC(=O)c2csc3ccccc23)c2cc(N)ccc2O1.Cl. The first-order valence-electron chi connectivity index (χ1n) is 8.28. The van der Waals surface area contributed by atoms with Crippen molar-refractivity contribution >= 4 is 45.4 Å². The predicted octanol–water partition coefficient (Wildman–Crippen LogP) is 4.94. The van der Waals surface area contributed by atoms with Gasteiger partial charge in [-0.05, 0) is 38.1 Å². The fourth-order valence-corrected chi connectivity index (χ4v) is 4.33. The summed E-state index contributed by atoms with van der Waals surface area (Å²) in [6.07, 6.45) is 0.692. The van der Waals surface area contributed by atoms with Crippen LogP contribution < -0.4 is 15.8 Å². The number of nitrogens with two attached hydrogens (primary N) is 1. The van der Waals surface area contributed by atoms with Gasteiger partial charge in [-0.15, -0.1) is 23.7 Å². The van der Waals surface area contributed by atoms with Gasteiger partial charge in [0, 0.05) is 33.1 Å². The van der Waals surface area contributed by atoms with Crippen molar-refractivity contribution in [2.24, 2.45) is 0 Å². The highest BCUT2D eigenvalue weighted by atomic mass is 35.5. The Labute approximate surface area is 162 Å². The zero-order valence-corrected chi connectivity index (χ0v) is 16.2. The maximum Gasteiger partial charge on any atom is 0.253 e. The molecule has 4 rings (SSSR count). The minimum Gasteiger partial charge on any atom is -0.487 e. The maximum absolute atomic E-state index is 12.9. The molecule has 1 amide bonds. The van der Waals surface area contributed by atoms with Gasteiger partial charge >= 0.3 is 0 Å². The zero-order valence-electron chi connectivity index (χ0n) is 14.6. The number of nitrogens with one attached hydrogen (secondary N) is 1. The van der Waals surface area contributed by atoms with E-state index in [9.17, 15) is 4.79 Å². The van der Waals surface area contributed by atoms with Gasteiger partial charge in [0.2, 0.25) is 0 Å². The Morgan fingerprint density at radius 2 is 2.04 bits per heavy atom. The zero-order chi connectivity index (χ0) is 17.6. The van der Waals surface area contributed by atoms with Gasteiger partial charge in [-0.1, -0.05) is 18.2 Å². The first kappa shape index (κ1) is 18.5. The first-order valence-corrected chi connectivity index (χ1v) is 9.16. The Kier molecular flexibility index (Phi) is 4.86. The van der Waals surface area contributed by atoms with Crippen molar-refractivity contribution < 1.29 is 9.53 Å². The quantitative estimate of drug-likeness (QED) is 0.611. The number of carbonyl (C=O) groups excluding carboxylic acids is 1. The molecular formula is C20H21ClN2O2S. The molecule has 0 bridgehead atoms. The van der Waals surface area contributed by atoms with E-state index in [0.717, 1.165) is 27.0 Å². The van der Waals surface area contributed by atoms with Gasteiger partial charge in [-0.25, -0.2) is 0 Å². The summed E-state index contributed by atoms with van der Waals surface area (Å²) in [5.41, 5.74) is 7.92. The lowest BCUT2D eigenvalue weighted by atomic mass is 9.89. The van der Waals surface area contributed by atoms with Gasteiger partial charge < -0.3 is 15.8 Å². The number of hydrogen-bond donors (Lipinski definition) is 2. The van der Waals surface area contributed by atoms with Gasteiger partial charge in [0.25, 0.3) is 5.91 Å². The standard InChI is InChI=1S/C20H20N2O2S.ClH/c1-20(2)10-16(14-9-12(21)7-8-17(14)24-20)22-19(23)15-11-25-18-6-4-3-5-13(15)18;/h3-9,11,16H,10,21H2,1-2H3,(H,22,23);1H. The summed E-state index contributed by atoms with van der Waals surface area (Å²) in [7, 11) is 0. The monoisotopic (exact) mass is 388 g/mol. The Hall–Kier alpha value is -2.24. The van der Waals surface area contributed by atoms with Crippen LogP contribution in [0.4, 0.5) is 5.69 Å². The Morgan fingerprint density at radius 1 is 1.27 bits per heavy atom. The number of halogens is 1. The minimum atomic E-state index is -0.349. The highest BCUT2D eigenvalue weighted by Crippen LogP contribution is 2.40. The third-order valence-electron chi connectivity index (χ3n) is 4.52. The molecule has 1 aromatic heterocycles. The largest absolute Gasteiger partial charge is 0.487 e. The van der Waals surface area contributed by atoms with E-state index in [1.54, 1.807) is 11.3 Å². The molecule has 0 fully saturated rings. The highest BCUT2D eigenvalue weighted by Gasteiger charge is 2.35. The normalized spacial score (nSPS) is 17.7. The van der Waals surface area contributed by atoms with Crippen LogP contribution in [0.1, 0.15) is 42.2 Å². The number of fused-ring (bicyclic) bond motifs is 2. The Bertz CT molecular complexity index is 967. The summed E-state index contributed by atoms with van der Waals surface area (Å²) in [6, 6.07) is 13.4. The van der Waals surface area contributed by atoms with Crippen LogP contribution in [0.25, 0.3) is 10.1 Å². The van der Waals surface area contributed by atoms with Crippen molar-refractivity contribution in [1.82, 2.24) is 5.32 Å². The molecule has 3 aromatic rings. The number of nitrogen functional groups attached to an aromatic ring is 1. The van der Waals surface area contributed by atoms with Gasteiger partial charge in [0.15, 0.2) is 0 Å². The predicted molar refractivity (Wildman–Crippen MR) is 109 cm³/mol. The average molecular weight is 389 g/mol. The second-order valence-electron chi connectivity index (χ2n) is 7.03. The van der Waals surface area contributed by atoms with Crippen LogP contribution in [0.5, 0.6) is 5.75 Å². The summed E-state index contributed by atoms with van der Waals surface area (Å²) in [5.74, 6) is 0.722. The molecule has 6 heteroatoms. The molecule has 1 atom stereocenters. The van der Waals surface area contributed by atoms with E-state index in [2.05, 4.69) is 5.32 Å². The summed E-state index contributed by atoms with van der Waals surface area (Å²) >= 11 is 1.59. The van der Waals surface area contributed by atoms with Gasteiger partial charge in [0.1, 0.15) is 11.4 Å². The van der Waals surface area contributed by atoms with Crippen LogP contribution in [0, 0.1) is 0 Å². The van der Waals surface area contributed by atoms with Crippen LogP contribution >= 0.6 is 23.7 Å². The van der Waals surface area contributed by atoms with E-state index >= 15 is 0 Å². The summed E-state index contributed by atoms with van der Waals surface area (Å²) in [6.45, 7) is 4.07. The van der Waals surface area contributed by atoms with E-state index in [4.69, 9.17) is 10.5 Å². The number of thiophene rings is 1. The molecule has 0 aliphatic carbocycles. The Morgan fingerprint density at radius 3 is 2.85 bits per heavy atom. The van der Waals surface area contributed by atoms with Crippen LogP contribution in [-0.4, -0.2) is 11.5 Å². The van der Waals surface area contributed by atoms with E-state index in [1.807, 2.05) is 61.7 Å². The molecule has 0 saturated heterocycles. The summed E-state index contributed by atoms with van der Waals surface area (Å²) in [5, 5.41) is 6.10. The van der Waals surface area contributed by atoms with Gasteiger partial charge in [-0.2, -0.15) is 0 Å². The third kappa shape index (κ3) is 3.37. The van der Waals surface area contributed by atoms with Crippen LogP contribution in [0.2, 0.25) is 0 Å². The molecule has 1 unspecified atom stereocenters. The molecule has 0 saturated carbocycles. The van der Waals surface area contributed by atoms with Crippen LogP contribution in [0.15, 0.2) is 47.8 Å². The summed E-state index contributed by atoms with van der Waals surface area (Å²) in [4.78, 5) is 12.9. The van der Waals surface area contributed by atoms with E-state index in [0.29, 0.717) is 12.1 Å². The number of anilines is 1. The number of hydrogen-bond acceptors (Lipinski definition) is 4. The Balaban J connectivity index is 0.00000196. The summed E-state index contributed by atoms with van der Waals surface area (Å²) < 4.78 is 7.16. The molecule has 2 aromatic carbocycles. The highest BCUT2D eigenvalue weighted by molar-refractivity contribution is 7.17. The molecule has 4 nitrogen and oxygen atoms in total. The fraction of sp³-hybridized carbons (Fsp3) is 0.250. The molecule has 0 radical (unpaired) electrons. The average Bonchev–Trinajstić information content (AvgIpc) is 2.99. The van der Waals surface area contributed by atoms with Crippen molar-refractivity contribution in [3.05, 3.63) is 59.0 Å². The molecule has 1 aliphatic heterocycles. The number of amides is 1. The molecule has 26 heavy (non-hydrogen) atoms. The first-order chi connectivity index (χ1) is 11.9. The number of carbonyl (C=O) groups is 1. The molecule has 136 valence electrons. The van der Waals surface area contributed by atoms with Crippen LogP contribution in [-0.2, 0) is 0 Å². The van der Waals surface area contributed by atoms with Gasteiger partial charge in [0.05, 0.1) is 11.6 Å². The molecule has 1 aliphatic rings. The van der Waals surface area contributed by atoms with E-state index in [1.165, 1.54) is 0 Å². The topological polar surface area (TPSA) is 64.4 Å². The molecule has 0 spiro atoms. The van der Waals surface area contributed by atoms with Crippen molar-refractivity contribution in [1.29, 1.82) is 0 Å². The van der Waals surface area contributed by atoms with E-state index in [-0.39, 0.29) is 30.0 Å². The molecule has 2 heterocycles. The van der Waals surface area contributed by atoms with Crippen molar-refractivity contribution in [3.8, 4) is 5.75 Å². The van der Waals surface area contributed by atoms with Crippen molar-refractivity contribution in [2.45, 2.75) is 31.9 Å². The number of ether oxygens (including phenoxy) is 1. The number of rotatable bonds is 2. The second kappa shape index (κ2) is 6.82. The lowest BCUT2D eigenvalue weighted by molar-refractivity contribution is 0.0620. The molecular weight excluding hydrogens is 368 g/mol.